The highest BCUT2D eigenvalue weighted by Gasteiger charge is 2.41. The van der Waals surface area contributed by atoms with Crippen LogP contribution in [0.25, 0.3) is 0 Å². The van der Waals surface area contributed by atoms with Crippen molar-refractivity contribution in [2.24, 2.45) is 18.5 Å². The Balaban J connectivity index is 2.00. The van der Waals surface area contributed by atoms with Crippen LogP contribution in [-0.2, 0) is 11.8 Å². The topological polar surface area (TPSA) is 99.8 Å². The van der Waals surface area contributed by atoms with Crippen LogP contribution >= 0.6 is 11.8 Å². The van der Waals surface area contributed by atoms with Gasteiger partial charge >= 0.3 is 0 Å². The average Bonchev–Trinajstić information content (AvgIpc) is 2.77. The van der Waals surface area contributed by atoms with Gasteiger partial charge in [0, 0.05) is 12.3 Å². The van der Waals surface area contributed by atoms with Gasteiger partial charge < -0.3 is 16.0 Å². The van der Waals surface area contributed by atoms with E-state index in [2.05, 4.69) is 10.2 Å². The van der Waals surface area contributed by atoms with E-state index >= 15 is 0 Å². The van der Waals surface area contributed by atoms with E-state index in [1.165, 1.54) is 0 Å². The number of thioether (sulfide) groups is 1. The van der Waals surface area contributed by atoms with Crippen molar-refractivity contribution in [3.8, 4) is 0 Å². The molecule has 4 N–H and O–H groups in total. The molecule has 0 aliphatic heterocycles. The number of nitrogens with two attached hydrogens (primary N) is 2. The number of rotatable bonds is 3. The van der Waals surface area contributed by atoms with Crippen LogP contribution in [0.1, 0.15) is 19.3 Å². The molecular weight excluding hydrogens is 226 g/mol. The molecule has 1 aliphatic carbocycles. The fourth-order valence-corrected chi connectivity index (χ4v) is 3.10. The van der Waals surface area contributed by atoms with E-state index in [0.29, 0.717) is 18.1 Å². The van der Waals surface area contributed by atoms with Gasteiger partial charge in [0.05, 0.1) is 5.54 Å². The molecule has 1 fully saturated rings. The third kappa shape index (κ3) is 2.05. The van der Waals surface area contributed by atoms with Gasteiger partial charge in [0.25, 0.3) is 0 Å². The molecule has 2 unspecified atom stereocenters. The summed E-state index contributed by atoms with van der Waals surface area (Å²) in [6.45, 7) is 0. The fraction of sp³-hybridized carbons (Fsp3) is 0.667. The van der Waals surface area contributed by atoms with Crippen LogP contribution < -0.4 is 11.5 Å². The molecule has 2 rings (SSSR count). The lowest BCUT2D eigenvalue weighted by Gasteiger charge is -2.19. The number of nitrogens with zero attached hydrogens (tertiary/aromatic N) is 3. The van der Waals surface area contributed by atoms with E-state index in [1.54, 1.807) is 18.1 Å². The second-order valence-corrected chi connectivity index (χ2v) is 5.49. The Morgan fingerprint density at radius 1 is 1.75 bits per heavy atom. The lowest BCUT2D eigenvalue weighted by molar-refractivity contribution is -0.122. The summed E-state index contributed by atoms with van der Waals surface area (Å²) in [6, 6.07) is 0. The molecule has 1 aliphatic rings. The molecular formula is C9H15N5OS. The van der Waals surface area contributed by atoms with Gasteiger partial charge in [0.15, 0.2) is 5.16 Å². The van der Waals surface area contributed by atoms with Crippen molar-refractivity contribution in [1.29, 1.82) is 0 Å². The molecule has 7 heteroatoms. The molecule has 0 spiro atoms. The molecule has 1 aromatic heterocycles. The first kappa shape index (κ1) is 11.4. The van der Waals surface area contributed by atoms with Crippen LogP contribution in [0.15, 0.2) is 11.5 Å². The molecule has 0 aromatic carbocycles. The Labute approximate surface area is 97.8 Å². The summed E-state index contributed by atoms with van der Waals surface area (Å²) >= 11 is 1.61. The highest BCUT2D eigenvalue weighted by atomic mass is 32.2. The molecule has 0 bridgehead atoms. The van der Waals surface area contributed by atoms with E-state index in [9.17, 15) is 4.79 Å². The van der Waals surface area contributed by atoms with Gasteiger partial charge in [-0.15, -0.1) is 10.2 Å². The summed E-state index contributed by atoms with van der Waals surface area (Å²) in [5.41, 5.74) is 10.4. The van der Waals surface area contributed by atoms with Gasteiger partial charge in [-0.1, -0.05) is 11.8 Å². The smallest absolute Gasteiger partial charge is 0.237 e. The van der Waals surface area contributed by atoms with Gasteiger partial charge in [0.2, 0.25) is 5.91 Å². The number of hydrogen-bond acceptors (Lipinski definition) is 5. The van der Waals surface area contributed by atoms with E-state index in [4.69, 9.17) is 11.5 Å². The number of hydrogen-bond donors (Lipinski definition) is 2. The van der Waals surface area contributed by atoms with E-state index in [0.717, 1.165) is 11.6 Å². The Hall–Kier alpha value is -1.08. The van der Waals surface area contributed by atoms with Crippen molar-refractivity contribution in [3.05, 3.63) is 6.33 Å². The summed E-state index contributed by atoms with van der Waals surface area (Å²) in [4.78, 5) is 11.2. The molecule has 16 heavy (non-hydrogen) atoms. The first-order valence-electron chi connectivity index (χ1n) is 5.11. The third-order valence-electron chi connectivity index (χ3n) is 2.94. The molecule has 0 saturated heterocycles. The molecule has 0 radical (unpaired) electrons. The maximum atomic E-state index is 11.2. The quantitative estimate of drug-likeness (QED) is 0.753. The summed E-state index contributed by atoms with van der Waals surface area (Å²) in [7, 11) is 1.89. The Bertz CT molecular complexity index is 406. The molecule has 1 saturated carbocycles. The number of carbonyl (C=O) groups is 1. The van der Waals surface area contributed by atoms with Crippen LogP contribution in [0, 0.1) is 0 Å². The molecule has 6 nitrogen and oxygen atoms in total. The maximum Gasteiger partial charge on any atom is 0.237 e. The summed E-state index contributed by atoms with van der Waals surface area (Å²) in [5, 5.41) is 8.93. The largest absolute Gasteiger partial charge is 0.368 e. The van der Waals surface area contributed by atoms with Crippen LogP contribution in [0.5, 0.6) is 0 Å². The van der Waals surface area contributed by atoms with Crippen LogP contribution in [-0.4, -0.2) is 31.5 Å². The monoisotopic (exact) mass is 241 g/mol. The van der Waals surface area contributed by atoms with Crippen molar-refractivity contribution in [3.63, 3.8) is 0 Å². The molecule has 1 heterocycles. The predicted molar refractivity (Wildman–Crippen MR) is 60.6 cm³/mol. The van der Waals surface area contributed by atoms with Gasteiger partial charge in [-0.05, 0) is 19.3 Å². The second-order valence-electron chi connectivity index (χ2n) is 4.23. The van der Waals surface area contributed by atoms with Gasteiger partial charge in [0.1, 0.15) is 6.33 Å². The van der Waals surface area contributed by atoms with E-state index in [-0.39, 0.29) is 0 Å². The van der Waals surface area contributed by atoms with E-state index < -0.39 is 11.4 Å². The zero-order valence-electron chi connectivity index (χ0n) is 9.09. The molecule has 88 valence electrons. The highest BCUT2D eigenvalue weighted by molar-refractivity contribution is 7.99. The van der Waals surface area contributed by atoms with E-state index in [1.807, 2.05) is 11.6 Å². The van der Waals surface area contributed by atoms with Crippen molar-refractivity contribution in [1.82, 2.24) is 14.8 Å². The van der Waals surface area contributed by atoms with Gasteiger partial charge in [-0.3, -0.25) is 4.79 Å². The molecule has 2 atom stereocenters. The van der Waals surface area contributed by atoms with Crippen molar-refractivity contribution < 1.29 is 4.79 Å². The minimum Gasteiger partial charge on any atom is -0.368 e. The second kappa shape index (κ2) is 4.06. The third-order valence-corrected chi connectivity index (χ3v) is 4.25. The van der Waals surface area contributed by atoms with Gasteiger partial charge in [-0.25, -0.2) is 0 Å². The Morgan fingerprint density at radius 2 is 2.50 bits per heavy atom. The highest BCUT2D eigenvalue weighted by Crippen LogP contribution is 2.37. The Morgan fingerprint density at radius 3 is 3.00 bits per heavy atom. The minimum atomic E-state index is -0.837. The molecule has 1 aromatic rings. The lowest BCUT2D eigenvalue weighted by atomic mass is 9.99. The number of carbonyl (C=O) groups excluding carboxylic acids is 1. The normalized spacial score (nSPS) is 29.5. The minimum absolute atomic E-state index is 0.292. The molecule has 1 amide bonds. The lowest BCUT2D eigenvalue weighted by Crippen LogP contribution is -2.50. The Kier molecular flexibility index (Phi) is 2.90. The standard InChI is InChI=1S/C9H15N5OS/c1-14-5-12-13-8(14)16-6-2-3-9(11,4-6)7(10)15/h5-6H,2-4,11H2,1H3,(H2,10,15). The number of aryl methyl sites for hydroxylation is 1. The average molecular weight is 241 g/mol. The van der Waals surface area contributed by atoms with Crippen LogP contribution in [0.2, 0.25) is 0 Å². The SMILES string of the molecule is Cn1cnnc1SC1CCC(N)(C(N)=O)C1. The van der Waals surface area contributed by atoms with Crippen molar-refractivity contribution in [2.75, 3.05) is 0 Å². The number of amides is 1. The first-order valence-corrected chi connectivity index (χ1v) is 5.99. The number of aromatic nitrogens is 3. The summed E-state index contributed by atoms with van der Waals surface area (Å²) in [5.74, 6) is -0.409. The maximum absolute atomic E-state index is 11.2. The van der Waals surface area contributed by atoms with Crippen LogP contribution in [0.4, 0.5) is 0 Å². The zero-order chi connectivity index (χ0) is 11.8. The van der Waals surface area contributed by atoms with Crippen molar-refractivity contribution in [2.45, 2.75) is 35.2 Å². The van der Waals surface area contributed by atoms with Crippen LogP contribution in [0.3, 0.4) is 0 Å². The summed E-state index contributed by atoms with van der Waals surface area (Å²) < 4.78 is 1.85. The zero-order valence-corrected chi connectivity index (χ0v) is 9.91. The van der Waals surface area contributed by atoms with Gasteiger partial charge in [-0.2, -0.15) is 0 Å². The predicted octanol–water partition coefficient (Wildman–Crippen LogP) is -0.357. The fourth-order valence-electron chi connectivity index (χ4n) is 1.88. The number of primary amides is 1. The summed E-state index contributed by atoms with van der Waals surface area (Å²) in [6.07, 6.45) is 3.80. The first-order chi connectivity index (χ1) is 7.51. The van der Waals surface area contributed by atoms with Crippen molar-refractivity contribution >= 4 is 17.7 Å².